The average Bonchev–Trinajstić information content (AvgIpc) is 2.96. The van der Waals surface area contributed by atoms with Crippen molar-refractivity contribution in [1.82, 2.24) is 9.62 Å². The van der Waals surface area contributed by atoms with Crippen LogP contribution in [0.2, 0.25) is 0 Å². The fourth-order valence-electron chi connectivity index (χ4n) is 2.73. The molecule has 1 aromatic carbocycles. The topological polar surface area (TPSA) is 49.4 Å². The highest BCUT2D eigenvalue weighted by molar-refractivity contribution is 7.89. The molecule has 124 valence electrons. The van der Waals surface area contributed by atoms with E-state index in [2.05, 4.69) is 30.4 Å². The molecule has 2 rings (SSSR count). The zero-order valence-electron chi connectivity index (χ0n) is 13.9. The van der Waals surface area contributed by atoms with E-state index in [0.717, 1.165) is 31.6 Å². The van der Waals surface area contributed by atoms with Gasteiger partial charge in [-0.1, -0.05) is 32.9 Å². The maximum absolute atomic E-state index is 12.3. The van der Waals surface area contributed by atoms with Crippen molar-refractivity contribution >= 4 is 10.0 Å². The van der Waals surface area contributed by atoms with Gasteiger partial charge in [0.2, 0.25) is 10.0 Å². The number of rotatable bonds is 6. The van der Waals surface area contributed by atoms with Crippen molar-refractivity contribution in [2.45, 2.75) is 50.3 Å². The molecule has 1 heterocycles. The van der Waals surface area contributed by atoms with Crippen LogP contribution in [0.15, 0.2) is 29.2 Å². The van der Waals surface area contributed by atoms with Gasteiger partial charge < -0.3 is 4.90 Å². The molecule has 1 saturated heterocycles. The summed E-state index contributed by atoms with van der Waals surface area (Å²) < 4.78 is 27.2. The molecule has 22 heavy (non-hydrogen) atoms. The molecule has 0 amide bonds. The van der Waals surface area contributed by atoms with Crippen LogP contribution in [0.4, 0.5) is 0 Å². The van der Waals surface area contributed by atoms with Gasteiger partial charge in [0.05, 0.1) is 4.90 Å². The molecular formula is C17H28N2O2S. The summed E-state index contributed by atoms with van der Waals surface area (Å²) in [6.45, 7) is 10.1. The lowest BCUT2D eigenvalue weighted by molar-refractivity contribution is 0.334. The van der Waals surface area contributed by atoms with E-state index in [0.29, 0.717) is 11.4 Å². The molecule has 0 bridgehead atoms. The van der Waals surface area contributed by atoms with E-state index in [1.807, 2.05) is 12.1 Å². The highest BCUT2D eigenvalue weighted by Gasteiger charge is 2.17. The summed E-state index contributed by atoms with van der Waals surface area (Å²) in [5.41, 5.74) is 1.17. The van der Waals surface area contributed by atoms with E-state index >= 15 is 0 Å². The van der Waals surface area contributed by atoms with Gasteiger partial charge in [0.15, 0.2) is 0 Å². The van der Waals surface area contributed by atoms with Crippen LogP contribution in [-0.4, -0.2) is 39.5 Å². The second kappa shape index (κ2) is 7.11. The minimum Gasteiger partial charge on any atom is -0.303 e. The van der Waals surface area contributed by atoms with Crippen LogP contribution in [0.5, 0.6) is 0 Å². The number of hydrogen-bond donors (Lipinski definition) is 1. The van der Waals surface area contributed by atoms with E-state index in [9.17, 15) is 8.42 Å². The predicted octanol–water partition coefficient (Wildman–Crippen LogP) is 2.75. The Morgan fingerprint density at radius 2 is 1.68 bits per heavy atom. The van der Waals surface area contributed by atoms with Crippen molar-refractivity contribution in [2.75, 3.05) is 26.2 Å². The van der Waals surface area contributed by atoms with E-state index < -0.39 is 10.0 Å². The minimum atomic E-state index is -3.39. The number of nitrogens with one attached hydrogen (secondary N) is 1. The standard InChI is InChI=1S/C17H28N2O2S/c1-17(2,3)15-7-9-16(10-8-15)22(20,21)18-11-6-14-19-12-4-5-13-19/h7-10,18H,4-6,11-14H2,1-3H3. The smallest absolute Gasteiger partial charge is 0.240 e. The van der Waals surface area contributed by atoms with Gasteiger partial charge in [-0.25, -0.2) is 13.1 Å². The molecule has 0 aliphatic carbocycles. The Labute approximate surface area is 135 Å². The van der Waals surface area contributed by atoms with Crippen molar-refractivity contribution in [3.05, 3.63) is 29.8 Å². The lowest BCUT2D eigenvalue weighted by Gasteiger charge is -2.19. The molecule has 1 N–H and O–H groups in total. The number of benzene rings is 1. The van der Waals surface area contributed by atoms with E-state index in [-0.39, 0.29) is 5.41 Å². The van der Waals surface area contributed by atoms with Crippen LogP contribution >= 0.6 is 0 Å². The Balaban J connectivity index is 1.86. The highest BCUT2D eigenvalue weighted by Crippen LogP contribution is 2.23. The summed E-state index contributed by atoms with van der Waals surface area (Å²) in [6.07, 6.45) is 3.40. The number of hydrogen-bond acceptors (Lipinski definition) is 3. The van der Waals surface area contributed by atoms with Gasteiger partial charge >= 0.3 is 0 Å². The van der Waals surface area contributed by atoms with Crippen molar-refractivity contribution in [3.63, 3.8) is 0 Å². The monoisotopic (exact) mass is 324 g/mol. The molecule has 1 aliphatic rings. The van der Waals surface area contributed by atoms with Crippen molar-refractivity contribution < 1.29 is 8.42 Å². The van der Waals surface area contributed by atoms with Crippen molar-refractivity contribution in [3.8, 4) is 0 Å². The molecule has 0 radical (unpaired) electrons. The Morgan fingerprint density at radius 1 is 1.09 bits per heavy atom. The molecule has 0 aromatic heterocycles. The molecular weight excluding hydrogens is 296 g/mol. The Kier molecular flexibility index (Phi) is 5.64. The molecule has 0 spiro atoms. The van der Waals surface area contributed by atoms with Crippen LogP contribution in [0.25, 0.3) is 0 Å². The maximum Gasteiger partial charge on any atom is 0.240 e. The maximum atomic E-state index is 12.3. The third-order valence-electron chi connectivity index (χ3n) is 4.17. The third-order valence-corrected chi connectivity index (χ3v) is 5.65. The number of nitrogens with zero attached hydrogens (tertiary/aromatic N) is 1. The SMILES string of the molecule is CC(C)(C)c1ccc(S(=O)(=O)NCCCN2CCCC2)cc1. The van der Waals surface area contributed by atoms with Gasteiger partial charge in [-0.3, -0.25) is 0 Å². The van der Waals surface area contributed by atoms with Gasteiger partial charge in [0, 0.05) is 6.54 Å². The van der Waals surface area contributed by atoms with Crippen LogP contribution in [-0.2, 0) is 15.4 Å². The number of sulfonamides is 1. The van der Waals surface area contributed by atoms with Crippen LogP contribution in [0, 0.1) is 0 Å². The molecule has 0 unspecified atom stereocenters. The first-order chi connectivity index (χ1) is 10.3. The van der Waals surface area contributed by atoms with Crippen LogP contribution < -0.4 is 4.72 Å². The quantitative estimate of drug-likeness (QED) is 0.819. The zero-order valence-corrected chi connectivity index (χ0v) is 14.7. The van der Waals surface area contributed by atoms with Gasteiger partial charge in [0.1, 0.15) is 0 Å². The Bertz CT molecular complexity index is 568. The predicted molar refractivity (Wildman–Crippen MR) is 90.6 cm³/mol. The van der Waals surface area contributed by atoms with Crippen LogP contribution in [0.1, 0.15) is 45.6 Å². The molecule has 0 atom stereocenters. The molecule has 0 saturated carbocycles. The summed E-state index contributed by atoms with van der Waals surface area (Å²) in [7, 11) is -3.39. The second-order valence-corrected chi connectivity index (χ2v) is 8.84. The Hall–Kier alpha value is -0.910. The molecule has 1 aliphatic heterocycles. The first kappa shape index (κ1) is 17.4. The normalized spacial score (nSPS) is 17.0. The summed E-state index contributed by atoms with van der Waals surface area (Å²) in [5, 5.41) is 0. The fourth-order valence-corrected chi connectivity index (χ4v) is 3.81. The first-order valence-electron chi connectivity index (χ1n) is 8.12. The molecule has 5 heteroatoms. The second-order valence-electron chi connectivity index (χ2n) is 7.07. The molecule has 1 fully saturated rings. The zero-order chi connectivity index (χ0) is 16.2. The molecule has 4 nitrogen and oxygen atoms in total. The van der Waals surface area contributed by atoms with E-state index in [1.165, 1.54) is 12.8 Å². The lowest BCUT2D eigenvalue weighted by atomic mass is 9.87. The summed E-state index contributed by atoms with van der Waals surface area (Å²) in [6, 6.07) is 7.20. The fraction of sp³-hybridized carbons (Fsp3) is 0.647. The van der Waals surface area contributed by atoms with Crippen molar-refractivity contribution in [1.29, 1.82) is 0 Å². The van der Waals surface area contributed by atoms with Crippen molar-refractivity contribution in [2.24, 2.45) is 0 Å². The third kappa shape index (κ3) is 4.80. The van der Waals surface area contributed by atoms with Gasteiger partial charge in [0.25, 0.3) is 0 Å². The highest BCUT2D eigenvalue weighted by atomic mass is 32.2. The summed E-state index contributed by atoms with van der Waals surface area (Å²) >= 11 is 0. The van der Waals surface area contributed by atoms with E-state index in [4.69, 9.17) is 0 Å². The largest absolute Gasteiger partial charge is 0.303 e. The summed E-state index contributed by atoms with van der Waals surface area (Å²) in [5.74, 6) is 0. The minimum absolute atomic E-state index is 0.0332. The van der Waals surface area contributed by atoms with Gasteiger partial charge in [-0.15, -0.1) is 0 Å². The molecule has 1 aromatic rings. The summed E-state index contributed by atoms with van der Waals surface area (Å²) in [4.78, 5) is 2.74. The Morgan fingerprint density at radius 3 is 2.23 bits per heavy atom. The van der Waals surface area contributed by atoms with Gasteiger partial charge in [-0.2, -0.15) is 0 Å². The lowest BCUT2D eigenvalue weighted by Crippen LogP contribution is -2.28. The van der Waals surface area contributed by atoms with Gasteiger partial charge in [-0.05, 0) is 62.0 Å². The van der Waals surface area contributed by atoms with Crippen LogP contribution in [0.3, 0.4) is 0 Å². The van der Waals surface area contributed by atoms with E-state index in [1.54, 1.807) is 12.1 Å². The number of likely N-dealkylation sites (tertiary alicyclic amines) is 1. The average molecular weight is 324 g/mol. The first-order valence-corrected chi connectivity index (χ1v) is 9.60.